The second-order valence-corrected chi connectivity index (χ2v) is 7.26. The van der Waals surface area contributed by atoms with Crippen LogP contribution in [0, 0.1) is 6.92 Å². The van der Waals surface area contributed by atoms with Crippen molar-refractivity contribution >= 4 is 29.3 Å². The van der Waals surface area contributed by atoms with Crippen molar-refractivity contribution in [1.82, 2.24) is 19.7 Å². The fourth-order valence-electron chi connectivity index (χ4n) is 2.46. The van der Waals surface area contributed by atoms with Crippen molar-refractivity contribution in [1.29, 1.82) is 0 Å². The number of carbonyl (C=O) groups is 1. The minimum atomic E-state index is -0.423. The molecule has 0 amide bonds. The molecule has 3 aromatic rings. The van der Waals surface area contributed by atoms with Gasteiger partial charge in [-0.25, -0.2) is 0 Å². The van der Waals surface area contributed by atoms with Gasteiger partial charge in [0.15, 0.2) is 11.0 Å². The number of halogens is 1. The molecule has 0 aliphatic heterocycles. The maximum absolute atomic E-state index is 11.8. The summed E-state index contributed by atoms with van der Waals surface area (Å²) in [6.45, 7) is 3.71. The summed E-state index contributed by atoms with van der Waals surface area (Å²) in [5.74, 6) is 0.329. The van der Waals surface area contributed by atoms with Crippen molar-refractivity contribution in [3.05, 3.63) is 53.3 Å². The Morgan fingerprint density at radius 2 is 1.96 bits per heavy atom. The number of rotatable bonds is 5. The first-order chi connectivity index (χ1) is 12.5. The van der Waals surface area contributed by atoms with Crippen molar-refractivity contribution in [2.45, 2.75) is 24.3 Å². The van der Waals surface area contributed by atoms with Crippen LogP contribution in [0.5, 0.6) is 0 Å². The summed E-state index contributed by atoms with van der Waals surface area (Å²) >= 11 is 7.60. The summed E-state index contributed by atoms with van der Waals surface area (Å²) in [7, 11) is 1.37. The van der Waals surface area contributed by atoms with E-state index in [2.05, 4.69) is 15.2 Å². The lowest BCUT2D eigenvalue weighted by atomic mass is 10.2. The van der Waals surface area contributed by atoms with E-state index in [0.29, 0.717) is 16.0 Å². The number of ether oxygens (including phenoxy) is 1. The van der Waals surface area contributed by atoms with Gasteiger partial charge in [0.05, 0.1) is 12.8 Å². The van der Waals surface area contributed by atoms with Crippen LogP contribution in [0.25, 0.3) is 17.1 Å². The Morgan fingerprint density at radius 3 is 2.65 bits per heavy atom. The number of thioether (sulfide) groups is 1. The zero-order valence-electron chi connectivity index (χ0n) is 14.5. The molecule has 0 radical (unpaired) electrons. The van der Waals surface area contributed by atoms with E-state index in [1.807, 2.05) is 41.8 Å². The maximum Gasteiger partial charge on any atom is 0.318 e. The van der Waals surface area contributed by atoms with E-state index in [0.717, 1.165) is 16.8 Å². The molecule has 134 valence electrons. The second kappa shape index (κ2) is 7.88. The topological polar surface area (TPSA) is 69.9 Å². The summed E-state index contributed by atoms with van der Waals surface area (Å²) in [6, 6.07) is 9.37. The number of hydrogen-bond donors (Lipinski definition) is 0. The van der Waals surface area contributed by atoms with Gasteiger partial charge < -0.3 is 4.74 Å². The van der Waals surface area contributed by atoms with Gasteiger partial charge in [-0.05, 0) is 43.7 Å². The van der Waals surface area contributed by atoms with Gasteiger partial charge in [0, 0.05) is 23.0 Å². The van der Waals surface area contributed by atoms with Crippen LogP contribution in [0.3, 0.4) is 0 Å². The number of nitrogens with zero attached hydrogens (tertiary/aromatic N) is 4. The maximum atomic E-state index is 11.8. The molecule has 1 unspecified atom stereocenters. The molecule has 0 aliphatic carbocycles. The van der Waals surface area contributed by atoms with Crippen molar-refractivity contribution in [3.63, 3.8) is 0 Å². The van der Waals surface area contributed by atoms with Gasteiger partial charge in [0.1, 0.15) is 5.25 Å². The number of aromatic nitrogens is 4. The summed E-state index contributed by atoms with van der Waals surface area (Å²) in [4.78, 5) is 15.9. The third-order valence-electron chi connectivity index (χ3n) is 3.87. The largest absolute Gasteiger partial charge is 0.468 e. The van der Waals surface area contributed by atoms with Gasteiger partial charge in [-0.2, -0.15) is 0 Å². The Bertz CT molecular complexity index is 930. The smallest absolute Gasteiger partial charge is 0.318 e. The van der Waals surface area contributed by atoms with Gasteiger partial charge in [-0.15, -0.1) is 10.2 Å². The van der Waals surface area contributed by atoms with E-state index in [-0.39, 0.29) is 5.97 Å². The molecule has 0 N–H and O–H groups in total. The normalized spacial score (nSPS) is 12.0. The number of pyridine rings is 1. The van der Waals surface area contributed by atoms with E-state index in [9.17, 15) is 4.79 Å². The predicted molar refractivity (Wildman–Crippen MR) is 102 cm³/mol. The Morgan fingerprint density at radius 1 is 1.23 bits per heavy atom. The Labute approximate surface area is 160 Å². The molecule has 6 nitrogen and oxygen atoms in total. The third kappa shape index (κ3) is 3.59. The van der Waals surface area contributed by atoms with Crippen LogP contribution in [-0.2, 0) is 9.53 Å². The van der Waals surface area contributed by atoms with Crippen molar-refractivity contribution < 1.29 is 9.53 Å². The lowest BCUT2D eigenvalue weighted by Gasteiger charge is -2.15. The van der Waals surface area contributed by atoms with Crippen molar-refractivity contribution in [2.75, 3.05) is 7.11 Å². The summed E-state index contributed by atoms with van der Waals surface area (Å²) < 4.78 is 6.72. The fourth-order valence-corrected chi connectivity index (χ4v) is 3.52. The monoisotopic (exact) mass is 388 g/mol. The minimum Gasteiger partial charge on any atom is -0.468 e. The van der Waals surface area contributed by atoms with Gasteiger partial charge in [0.2, 0.25) is 0 Å². The zero-order valence-corrected chi connectivity index (χ0v) is 16.1. The molecule has 0 spiro atoms. The number of benzene rings is 1. The van der Waals surface area contributed by atoms with Crippen molar-refractivity contribution in [3.8, 4) is 17.1 Å². The van der Waals surface area contributed by atoms with Gasteiger partial charge in [-0.1, -0.05) is 29.4 Å². The highest BCUT2D eigenvalue weighted by molar-refractivity contribution is 8.00. The van der Waals surface area contributed by atoms with Crippen molar-refractivity contribution in [2.24, 2.45) is 0 Å². The van der Waals surface area contributed by atoms with Crippen LogP contribution < -0.4 is 0 Å². The van der Waals surface area contributed by atoms with E-state index in [4.69, 9.17) is 16.3 Å². The van der Waals surface area contributed by atoms with E-state index < -0.39 is 5.25 Å². The summed E-state index contributed by atoms with van der Waals surface area (Å²) in [6.07, 6.45) is 3.39. The van der Waals surface area contributed by atoms with Gasteiger partial charge >= 0.3 is 5.97 Å². The first kappa shape index (κ1) is 18.4. The first-order valence-corrected chi connectivity index (χ1v) is 9.14. The second-order valence-electron chi connectivity index (χ2n) is 5.54. The van der Waals surface area contributed by atoms with E-state index >= 15 is 0 Å². The van der Waals surface area contributed by atoms with Crippen LogP contribution in [0.15, 0.2) is 47.9 Å². The number of carbonyl (C=O) groups excluding carboxylic acids is 1. The molecular weight excluding hydrogens is 372 g/mol. The molecule has 2 aromatic heterocycles. The zero-order chi connectivity index (χ0) is 18.7. The molecule has 0 bridgehead atoms. The molecule has 0 fully saturated rings. The summed E-state index contributed by atoms with van der Waals surface area (Å²) in [5.41, 5.74) is 2.62. The van der Waals surface area contributed by atoms with E-state index in [1.165, 1.54) is 18.9 Å². The summed E-state index contributed by atoms with van der Waals surface area (Å²) in [5, 5.41) is 9.45. The third-order valence-corrected chi connectivity index (χ3v) is 5.30. The first-order valence-electron chi connectivity index (χ1n) is 7.88. The molecule has 0 saturated heterocycles. The Balaban J connectivity index is 2.16. The van der Waals surface area contributed by atoms with Gasteiger partial charge in [0.25, 0.3) is 0 Å². The molecule has 0 saturated carbocycles. The highest BCUT2D eigenvalue weighted by atomic mass is 35.5. The van der Waals surface area contributed by atoms with Crippen LogP contribution in [0.4, 0.5) is 0 Å². The average molecular weight is 389 g/mol. The van der Waals surface area contributed by atoms with E-state index in [1.54, 1.807) is 19.3 Å². The van der Waals surface area contributed by atoms with Gasteiger partial charge in [-0.3, -0.25) is 14.3 Å². The van der Waals surface area contributed by atoms with Crippen LogP contribution >= 0.6 is 23.4 Å². The standard InChI is InChI=1S/C18H17ClN4O2S/c1-11-14(19)5-4-6-15(11)23-16(13-7-9-20-10-8-13)21-22-18(23)26-12(2)17(24)25-3/h4-10,12H,1-3H3. The Hall–Kier alpha value is -2.38. The molecule has 1 atom stereocenters. The number of esters is 1. The SMILES string of the molecule is COC(=O)C(C)Sc1nnc(-c2ccncc2)n1-c1cccc(Cl)c1C. The van der Waals surface area contributed by atoms with Crippen LogP contribution in [-0.4, -0.2) is 38.1 Å². The lowest BCUT2D eigenvalue weighted by Crippen LogP contribution is -2.15. The quantitative estimate of drug-likeness (QED) is 0.487. The average Bonchev–Trinajstić information content (AvgIpc) is 3.07. The fraction of sp³-hybridized carbons (Fsp3) is 0.222. The molecule has 3 rings (SSSR count). The number of methoxy groups -OCH3 is 1. The lowest BCUT2D eigenvalue weighted by molar-refractivity contribution is -0.139. The Kier molecular flexibility index (Phi) is 5.58. The molecule has 26 heavy (non-hydrogen) atoms. The highest BCUT2D eigenvalue weighted by Gasteiger charge is 2.23. The molecule has 0 aliphatic rings. The molecule has 2 heterocycles. The highest BCUT2D eigenvalue weighted by Crippen LogP contribution is 2.33. The van der Waals surface area contributed by atoms with Crippen LogP contribution in [0.2, 0.25) is 5.02 Å². The molecular formula is C18H17ClN4O2S. The number of hydrogen-bond acceptors (Lipinski definition) is 6. The minimum absolute atomic E-state index is 0.321. The molecule has 8 heteroatoms. The van der Waals surface area contributed by atoms with Crippen LogP contribution in [0.1, 0.15) is 12.5 Å². The predicted octanol–water partition coefficient (Wildman–Crippen LogP) is 3.94. The molecule has 1 aromatic carbocycles.